The van der Waals surface area contributed by atoms with Gasteiger partial charge in [-0.15, -0.1) is 0 Å². The van der Waals surface area contributed by atoms with Gasteiger partial charge in [0.05, 0.1) is 0 Å². The molecule has 2 aromatic rings. The Hall–Kier alpha value is -2.88. The van der Waals surface area contributed by atoms with E-state index in [1.807, 2.05) is 36.4 Å². The lowest BCUT2D eigenvalue weighted by atomic mass is 10.1. The molecule has 0 aliphatic heterocycles. The van der Waals surface area contributed by atoms with Crippen LogP contribution in [0.2, 0.25) is 0 Å². The molecule has 2 N–H and O–H groups in total. The number of rotatable bonds is 6. The molecule has 0 bridgehead atoms. The second kappa shape index (κ2) is 7.78. The minimum Gasteiger partial charge on any atom is -0.480 e. The number of nitrogens with one attached hydrogen (secondary N) is 1. The highest BCUT2D eigenvalue weighted by atomic mass is 16.4. The second-order valence-electron chi connectivity index (χ2n) is 4.78. The molecule has 1 atom stereocenters. The monoisotopic (exact) mass is 295 g/mol. The Kier molecular flexibility index (Phi) is 5.49. The van der Waals surface area contributed by atoms with Gasteiger partial charge in [0.15, 0.2) is 0 Å². The van der Waals surface area contributed by atoms with Crippen LogP contribution in [0.4, 0.5) is 0 Å². The Labute approximate surface area is 129 Å². The highest BCUT2D eigenvalue weighted by Crippen LogP contribution is 2.05. The minimum absolute atomic E-state index is 0.225. The molecule has 0 unspecified atom stereocenters. The van der Waals surface area contributed by atoms with Gasteiger partial charge in [0.1, 0.15) is 6.04 Å². The SMILES string of the molecule is O=C(N[C@@H](C/C=C/c1ccccc1)C(=O)O)c1ccccc1. The van der Waals surface area contributed by atoms with Crippen molar-refractivity contribution in [1.82, 2.24) is 5.32 Å². The van der Waals surface area contributed by atoms with Gasteiger partial charge < -0.3 is 10.4 Å². The van der Waals surface area contributed by atoms with Crippen molar-refractivity contribution >= 4 is 18.0 Å². The van der Waals surface area contributed by atoms with Crippen LogP contribution in [0.15, 0.2) is 66.7 Å². The van der Waals surface area contributed by atoms with Gasteiger partial charge in [0.2, 0.25) is 0 Å². The van der Waals surface area contributed by atoms with E-state index < -0.39 is 12.0 Å². The van der Waals surface area contributed by atoms with E-state index in [2.05, 4.69) is 5.32 Å². The van der Waals surface area contributed by atoms with Crippen LogP contribution in [0, 0.1) is 0 Å². The highest BCUT2D eigenvalue weighted by Gasteiger charge is 2.18. The highest BCUT2D eigenvalue weighted by molar-refractivity contribution is 5.96. The molecule has 112 valence electrons. The first-order chi connectivity index (χ1) is 10.7. The molecule has 0 aliphatic rings. The van der Waals surface area contributed by atoms with Gasteiger partial charge in [-0.2, -0.15) is 0 Å². The molecular formula is C18H17NO3. The van der Waals surface area contributed by atoms with E-state index in [0.717, 1.165) is 5.56 Å². The predicted molar refractivity (Wildman–Crippen MR) is 85.4 cm³/mol. The van der Waals surface area contributed by atoms with Crippen molar-refractivity contribution in [3.05, 3.63) is 77.9 Å². The van der Waals surface area contributed by atoms with E-state index in [1.54, 1.807) is 36.4 Å². The first kappa shape index (κ1) is 15.5. The summed E-state index contributed by atoms with van der Waals surface area (Å²) in [4.78, 5) is 23.3. The molecule has 0 aliphatic carbocycles. The number of benzene rings is 2. The zero-order chi connectivity index (χ0) is 15.8. The summed E-state index contributed by atoms with van der Waals surface area (Å²) in [5.74, 6) is -1.44. The fourth-order valence-electron chi connectivity index (χ4n) is 1.96. The quantitative estimate of drug-likeness (QED) is 0.861. The fourth-order valence-corrected chi connectivity index (χ4v) is 1.96. The van der Waals surface area contributed by atoms with Gasteiger partial charge in [-0.3, -0.25) is 4.79 Å². The molecule has 0 saturated carbocycles. The van der Waals surface area contributed by atoms with Crippen LogP contribution in [0.3, 0.4) is 0 Å². The topological polar surface area (TPSA) is 66.4 Å². The Morgan fingerprint density at radius 1 is 1.00 bits per heavy atom. The molecule has 0 aromatic heterocycles. The Balaban J connectivity index is 1.97. The van der Waals surface area contributed by atoms with Crippen LogP contribution in [0.25, 0.3) is 6.08 Å². The number of carboxylic acids is 1. The third-order valence-corrected chi connectivity index (χ3v) is 3.12. The van der Waals surface area contributed by atoms with Crippen LogP contribution in [-0.2, 0) is 4.79 Å². The first-order valence-corrected chi connectivity index (χ1v) is 6.97. The summed E-state index contributed by atoms with van der Waals surface area (Å²) in [5.41, 5.74) is 1.43. The van der Waals surface area contributed by atoms with Crippen molar-refractivity contribution in [1.29, 1.82) is 0 Å². The molecule has 0 heterocycles. The normalized spacial score (nSPS) is 12.0. The van der Waals surface area contributed by atoms with Gasteiger partial charge in [0.25, 0.3) is 5.91 Å². The second-order valence-corrected chi connectivity index (χ2v) is 4.78. The third kappa shape index (κ3) is 4.59. The molecular weight excluding hydrogens is 278 g/mol. The van der Waals surface area contributed by atoms with Crippen LogP contribution in [0.5, 0.6) is 0 Å². The van der Waals surface area contributed by atoms with Crippen molar-refractivity contribution in [2.45, 2.75) is 12.5 Å². The number of aliphatic carboxylic acids is 1. The van der Waals surface area contributed by atoms with Gasteiger partial charge in [-0.25, -0.2) is 4.79 Å². The average Bonchev–Trinajstić information content (AvgIpc) is 2.55. The standard InChI is InChI=1S/C18H17NO3/c20-17(15-11-5-2-6-12-15)19-16(18(21)22)13-7-10-14-8-3-1-4-9-14/h1-12,16H,13H2,(H,19,20)(H,21,22)/b10-7+/t16-/m0/s1. The Bertz CT molecular complexity index is 651. The van der Waals surface area contributed by atoms with Crippen molar-refractivity contribution in [3.63, 3.8) is 0 Å². The zero-order valence-electron chi connectivity index (χ0n) is 12.0. The lowest BCUT2D eigenvalue weighted by Gasteiger charge is -2.12. The van der Waals surface area contributed by atoms with Gasteiger partial charge in [-0.1, -0.05) is 60.7 Å². The fraction of sp³-hybridized carbons (Fsp3) is 0.111. The number of carbonyl (C=O) groups is 2. The van der Waals surface area contributed by atoms with E-state index in [1.165, 1.54) is 0 Å². The van der Waals surface area contributed by atoms with E-state index in [0.29, 0.717) is 5.56 Å². The van der Waals surface area contributed by atoms with E-state index in [4.69, 9.17) is 0 Å². The summed E-state index contributed by atoms with van der Waals surface area (Å²) in [6.07, 6.45) is 3.81. The lowest BCUT2D eigenvalue weighted by Crippen LogP contribution is -2.40. The van der Waals surface area contributed by atoms with Crippen molar-refractivity contribution in [2.24, 2.45) is 0 Å². The third-order valence-electron chi connectivity index (χ3n) is 3.12. The number of hydrogen-bond donors (Lipinski definition) is 2. The summed E-state index contributed by atoms with van der Waals surface area (Å²) in [6, 6.07) is 17.2. The van der Waals surface area contributed by atoms with Gasteiger partial charge >= 0.3 is 5.97 Å². The summed E-state index contributed by atoms with van der Waals surface area (Å²) >= 11 is 0. The predicted octanol–water partition coefficient (Wildman–Crippen LogP) is 2.97. The molecule has 2 aromatic carbocycles. The number of amides is 1. The smallest absolute Gasteiger partial charge is 0.326 e. The average molecular weight is 295 g/mol. The Morgan fingerprint density at radius 3 is 2.18 bits per heavy atom. The molecule has 0 radical (unpaired) electrons. The maximum Gasteiger partial charge on any atom is 0.326 e. The molecule has 22 heavy (non-hydrogen) atoms. The lowest BCUT2D eigenvalue weighted by molar-refractivity contribution is -0.139. The number of carboxylic acid groups (broad SMARTS) is 1. The van der Waals surface area contributed by atoms with Crippen LogP contribution in [-0.4, -0.2) is 23.0 Å². The molecule has 0 fully saturated rings. The zero-order valence-corrected chi connectivity index (χ0v) is 12.0. The van der Waals surface area contributed by atoms with Crippen LogP contribution >= 0.6 is 0 Å². The summed E-state index contributed by atoms with van der Waals surface area (Å²) in [6.45, 7) is 0. The van der Waals surface area contributed by atoms with E-state index in [9.17, 15) is 14.7 Å². The maximum absolute atomic E-state index is 12.0. The van der Waals surface area contributed by atoms with Gasteiger partial charge in [0, 0.05) is 5.56 Å². The van der Waals surface area contributed by atoms with E-state index >= 15 is 0 Å². The van der Waals surface area contributed by atoms with Crippen LogP contribution < -0.4 is 5.32 Å². The molecule has 4 nitrogen and oxygen atoms in total. The van der Waals surface area contributed by atoms with Gasteiger partial charge in [-0.05, 0) is 24.1 Å². The molecule has 2 rings (SSSR count). The molecule has 0 saturated heterocycles. The van der Waals surface area contributed by atoms with Crippen LogP contribution in [0.1, 0.15) is 22.3 Å². The largest absolute Gasteiger partial charge is 0.480 e. The molecule has 4 heteroatoms. The summed E-state index contributed by atoms with van der Waals surface area (Å²) < 4.78 is 0. The molecule has 0 spiro atoms. The number of carbonyl (C=O) groups excluding carboxylic acids is 1. The first-order valence-electron chi connectivity index (χ1n) is 6.97. The van der Waals surface area contributed by atoms with Crippen molar-refractivity contribution in [3.8, 4) is 0 Å². The van der Waals surface area contributed by atoms with Crippen molar-refractivity contribution < 1.29 is 14.7 Å². The minimum atomic E-state index is -1.05. The Morgan fingerprint density at radius 2 is 1.59 bits per heavy atom. The molecule has 1 amide bonds. The van der Waals surface area contributed by atoms with E-state index in [-0.39, 0.29) is 12.3 Å². The summed E-state index contributed by atoms with van der Waals surface area (Å²) in [7, 11) is 0. The number of hydrogen-bond acceptors (Lipinski definition) is 2. The van der Waals surface area contributed by atoms with Crippen molar-refractivity contribution in [2.75, 3.05) is 0 Å². The maximum atomic E-state index is 12.0. The summed E-state index contributed by atoms with van der Waals surface area (Å²) in [5, 5.41) is 11.7.